The van der Waals surface area contributed by atoms with Gasteiger partial charge in [-0.1, -0.05) is 20.8 Å². The second kappa shape index (κ2) is 5.81. The molecule has 0 aliphatic heterocycles. The molecule has 0 unspecified atom stereocenters. The van der Waals surface area contributed by atoms with Gasteiger partial charge in [0.05, 0.1) is 11.0 Å². The molecule has 3 nitrogen and oxygen atoms in total. The van der Waals surface area contributed by atoms with Gasteiger partial charge < -0.3 is 4.74 Å². The van der Waals surface area contributed by atoms with E-state index in [0.717, 1.165) is 24.2 Å². The van der Waals surface area contributed by atoms with Gasteiger partial charge in [0, 0.05) is 16.2 Å². The molecule has 5 heteroatoms. The molecule has 2 rings (SSSR count). The van der Waals surface area contributed by atoms with Crippen molar-refractivity contribution in [2.24, 2.45) is 0 Å². The topological polar surface area (TPSA) is 43.4 Å². The van der Waals surface area contributed by atoms with E-state index in [1.807, 2.05) is 26.8 Å². The van der Waals surface area contributed by atoms with E-state index in [9.17, 15) is 8.42 Å². The summed E-state index contributed by atoms with van der Waals surface area (Å²) in [4.78, 5) is 0.174. The molecule has 21 heavy (non-hydrogen) atoms. The Morgan fingerprint density at radius 3 is 2.24 bits per heavy atom. The minimum Gasteiger partial charge on any atom is -0.490 e. The molecule has 0 saturated heterocycles. The molecule has 1 aromatic rings. The van der Waals surface area contributed by atoms with Gasteiger partial charge in [-0.15, -0.1) is 0 Å². The molecule has 0 aromatic heterocycles. The van der Waals surface area contributed by atoms with E-state index >= 15 is 0 Å². The van der Waals surface area contributed by atoms with Crippen LogP contribution in [0.15, 0.2) is 17.0 Å². The lowest BCUT2D eigenvalue weighted by atomic mass is 9.86. The lowest BCUT2D eigenvalue weighted by Crippen LogP contribution is -2.18. The van der Waals surface area contributed by atoms with Gasteiger partial charge >= 0.3 is 0 Å². The van der Waals surface area contributed by atoms with Crippen molar-refractivity contribution in [3.8, 4) is 5.75 Å². The van der Waals surface area contributed by atoms with E-state index in [2.05, 4.69) is 0 Å². The average molecular weight is 331 g/mol. The molecule has 0 heterocycles. The molecule has 0 amide bonds. The van der Waals surface area contributed by atoms with Crippen LogP contribution in [-0.4, -0.2) is 14.5 Å². The van der Waals surface area contributed by atoms with E-state index in [-0.39, 0.29) is 16.4 Å². The fourth-order valence-electron chi connectivity index (χ4n) is 2.79. The van der Waals surface area contributed by atoms with Crippen LogP contribution in [0, 0.1) is 6.92 Å². The molecule has 0 atom stereocenters. The summed E-state index contributed by atoms with van der Waals surface area (Å²) in [7, 11) is 1.80. The van der Waals surface area contributed by atoms with Crippen molar-refractivity contribution in [2.75, 3.05) is 0 Å². The van der Waals surface area contributed by atoms with E-state index in [1.165, 1.54) is 12.8 Å². The van der Waals surface area contributed by atoms with Crippen LogP contribution in [0.3, 0.4) is 0 Å². The zero-order valence-electron chi connectivity index (χ0n) is 13.1. The predicted molar refractivity (Wildman–Crippen MR) is 85.8 cm³/mol. The van der Waals surface area contributed by atoms with Crippen molar-refractivity contribution in [3.05, 3.63) is 23.3 Å². The number of ether oxygens (including phenoxy) is 1. The third-order valence-corrected chi connectivity index (χ3v) is 5.41. The third-order valence-electron chi connectivity index (χ3n) is 3.94. The molecule has 0 spiro atoms. The Morgan fingerprint density at radius 1 is 1.19 bits per heavy atom. The predicted octanol–water partition coefficient (Wildman–Crippen LogP) is 4.54. The molecule has 1 aliphatic carbocycles. The Morgan fingerprint density at radius 2 is 1.76 bits per heavy atom. The highest BCUT2D eigenvalue weighted by atomic mass is 35.7. The number of halogens is 1. The van der Waals surface area contributed by atoms with Crippen molar-refractivity contribution < 1.29 is 13.2 Å². The molecule has 1 aliphatic rings. The largest absolute Gasteiger partial charge is 0.490 e. The second-order valence-electron chi connectivity index (χ2n) is 6.83. The van der Waals surface area contributed by atoms with Crippen LogP contribution in [0.25, 0.3) is 0 Å². The average Bonchev–Trinajstić information content (AvgIpc) is 2.78. The van der Waals surface area contributed by atoms with Gasteiger partial charge in [-0.25, -0.2) is 8.42 Å². The lowest BCUT2D eigenvalue weighted by Gasteiger charge is -2.26. The molecule has 118 valence electrons. The number of benzene rings is 1. The van der Waals surface area contributed by atoms with Crippen molar-refractivity contribution in [1.29, 1.82) is 0 Å². The van der Waals surface area contributed by atoms with Crippen LogP contribution < -0.4 is 4.74 Å². The molecular formula is C16H23ClO3S. The highest BCUT2D eigenvalue weighted by Gasteiger charge is 2.26. The van der Waals surface area contributed by atoms with Crippen molar-refractivity contribution in [3.63, 3.8) is 0 Å². The second-order valence-corrected chi connectivity index (χ2v) is 9.36. The van der Waals surface area contributed by atoms with Gasteiger partial charge in [-0.05, 0) is 55.7 Å². The highest BCUT2D eigenvalue weighted by molar-refractivity contribution is 8.13. The fraction of sp³-hybridized carbons (Fsp3) is 0.625. The summed E-state index contributed by atoms with van der Waals surface area (Å²) >= 11 is 0. The number of hydrogen-bond acceptors (Lipinski definition) is 3. The first-order chi connectivity index (χ1) is 9.59. The van der Waals surface area contributed by atoms with Crippen LogP contribution in [0.2, 0.25) is 0 Å². The summed E-state index contributed by atoms with van der Waals surface area (Å²) in [5.74, 6) is 0.788. The summed E-state index contributed by atoms with van der Waals surface area (Å²) < 4.78 is 29.6. The van der Waals surface area contributed by atoms with Gasteiger partial charge in [0.25, 0.3) is 9.05 Å². The fourth-order valence-corrected chi connectivity index (χ4v) is 3.99. The number of hydrogen-bond donors (Lipinski definition) is 0. The van der Waals surface area contributed by atoms with Gasteiger partial charge in [0.2, 0.25) is 0 Å². The summed E-state index contributed by atoms with van der Waals surface area (Å²) in [5, 5.41) is 0. The first-order valence-corrected chi connectivity index (χ1v) is 9.66. The lowest BCUT2D eigenvalue weighted by molar-refractivity contribution is 0.205. The number of aryl methyl sites for hydroxylation is 1. The minimum absolute atomic E-state index is 0.174. The summed E-state index contributed by atoms with van der Waals surface area (Å²) in [6.45, 7) is 7.89. The first-order valence-electron chi connectivity index (χ1n) is 7.35. The summed E-state index contributed by atoms with van der Waals surface area (Å²) in [6, 6.07) is 3.48. The maximum atomic E-state index is 11.7. The van der Waals surface area contributed by atoms with E-state index < -0.39 is 9.05 Å². The summed E-state index contributed by atoms with van der Waals surface area (Å²) in [6.07, 6.45) is 4.77. The Labute approximate surface area is 132 Å². The molecule has 1 saturated carbocycles. The summed E-state index contributed by atoms with van der Waals surface area (Å²) in [5.41, 5.74) is 1.31. The maximum absolute atomic E-state index is 11.7. The van der Waals surface area contributed by atoms with Crippen LogP contribution in [0.4, 0.5) is 0 Å². The maximum Gasteiger partial charge on any atom is 0.261 e. The van der Waals surface area contributed by atoms with E-state index in [4.69, 9.17) is 15.4 Å². The Bertz CT molecular complexity index is 624. The first kappa shape index (κ1) is 16.6. The zero-order valence-corrected chi connectivity index (χ0v) is 14.6. The SMILES string of the molecule is Cc1cc(OC2CCCC2)c(C(C)(C)C)cc1S(=O)(=O)Cl. The minimum atomic E-state index is -3.74. The Kier molecular flexibility index (Phi) is 4.60. The number of rotatable bonds is 3. The quantitative estimate of drug-likeness (QED) is 0.764. The van der Waals surface area contributed by atoms with Crippen molar-refractivity contribution in [2.45, 2.75) is 69.8 Å². The zero-order chi connectivity index (χ0) is 15.8. The molecule has 1 fully saturated rings. The third kappa shape index (κ3) is 3.92. The highest BCUT2D eigenvalue weighted by Crippen LogP contribution is 2.37. The molecular weight excluding hydrogens is 308 g/mol. The van der Waals surface area contributed by atoms with E-state index in [1.54, 1.807) is 13.0 Å². The van der Waals surface area contributed by atoms with Crippen LogP contribution in [0.5, 0.6) is 5.75 Å². The Balaban J connectivity index is 2.50. The van der Waals surface area contributed by atoms with Gasteiger partial charge in [0.15, 0.2) is 0 Å². The monoisotopic (exact) mass is 330 g/mol. The Hall–Kier alpha value is -0.740. The molecule has 0 N–H and O–H groups in total. The molecule has 0 bridgehead atoms. The smallest absolute Gasteiger partial charge is 0.261 e. The van der Waals surface area contributed by atoms with Gasteiger partial charge in [-0.2, -0.15) is 0 Å². The van der Waals surface area contributed by atoms with Crippen LogP contribution in [0.1, 0.15) is 57.6 Å². The van der Waals surface area contributed by atoms with Gasteiger partial charge in [-0.3, -0.25) is 0 Å². The molecule has 1 aromatic carbocycles. The van der Waals surface area contributed by atoms with Gasteiger partial charge in [0.1, 0.15) is 5.75 Å². The van der Waals surface area contributed by atoms with E-state index in [0.29, 0.717) is 5.56 Å². The standard InChI is InChI=1S/C16H23ClO3S/c1-11-9-14(20-12-7-5-6-8-12)13(16(2,3)4)10-15(11)21(17,18)19/h9-10,12H,5-8H2,1-4H3. The molecule has 0 radical (unpaired) electrons. The van der Waals surface area contributed by atoms with Crippen molar-refractivity contribution >= 4 is 19.7 Å². The van der Waals surface area contributed by atoms with Crippen LogP contribution in [-0.2, 0) is 14.5 Å². The normalized spacial score (nSPS) is 17.2. The van der Waals surface area contributed by atoms with Crippen molar-refractivity contribution in [1.82, 2.24) is 0 Å². The van der Waals surface area contributed by atoms with Crippen LogP contribution >= 0.6 is 10.7 Å².